The number of thiocarbonyl (C=S) groups is 1. The van der Waals surface area contributed by atoms with Crippen LogP contribution < -0.4 is 10.5 Å². The third-order valence-electron chi connectivity index (χ3n) is 6.86. The fraction of sp³-hybridized carbons (Fsp3) is 0.500. The lowest BCUT2D eigenvalue weighted by molar-refractivity contribution is -0.123. The molecule has 2 saturated heterocycles. The number of piperazine rings is 1. The molecule has 0 radical (unpaired) electrons. The van der Waals surface area contributed by atoms with Gasteiger partial charge in [-0.1, -0.05) is 42.9 Å². The Morgan fingerprint density at radius 3 is 2.62 bits per heavy atom. The van der Waals surface area contributed by atoms with E-state index in [2.05, 4.69) is 9.80 Å². The number of hydrogen-bond donors (Lipinski definition) is 1. The quantitative estimate of drug-likeness (QED) is 0.496. The topological polar surface area (TPSA) is 81.4 Å². The first kappa shape index (κ1) is 23.5. The van der Waals surface area contributed by atoms with Crippen LogP contribution in [-0.2, 0) is 4.79 Å². The van der Waals surface area contributed by atoms with E-state index in [1.54, 1.807) is 21.6 Å². The van der Waals surface area contributed by atoms with Crippen molar-refractivity contribution in [1.82, 2.24) is 19.2 Å². The largest absolute Gasteiger partial charge is 0.395 e. The number of aryl methyl sites for hydroxylation is 1. The van der Waals surface area contributed by atoms with E-state index in [4.69, 9.17) is 17.2 Å². The number of aliphatic hydroxyl groups is 1. The van der Waals surface area contributed by atoms with Gasteiger partial charge >= 0.3 is 0 Å². The summed E-state index contributed by atoms with van der Waals surface area (Å²) in [7, 11) is 0. The smallest absolute Gasteiger partial charge is 0.267 e. The van der Waals surface area contributed by atoms with Gasteiger partial charge in [-0.3, -0.25) is 23.8 Å². The van der Waals surface area contributed by atoms with E-state index in [1.807, 2.05) is 19.1 Å². The number of anilines is 1. The fourth-order valence-electron chi connectivity index (χ4n) is 5.03. The second kappa shape index (κ2) is 9.77. The minimum atomic E-state index is -0.187. The van der Waals surface area contributed by atoms with Gasteiger partial charge in [0.25, 0.3) is 11.5 Å². The SMILES string of the molecule is Cc1ccc2nc(N3CCN(CCO)CC3)c(/C=C3/SC(=S)N(C4CCCC4)C3=O)c(=O)n2c1. The maximum absolute atomic E-state index is 13.7. The Morgan fingerprint density at radius 2 is 1.91 bits per heavy atom. The summed E-state index contributed by atoms with van der Waals surface area (Å²) in [6.07, 6.45) is 7.67. The number of aromatic nitrogens is 2. The molecule has 0 unspecified atom stereocenters. The van der Waals surface area contributed by atoms with Gasteiger partial charge in [0.1, 0.15) is 15.8 Å². The van der Waals surface area contributed by atoms with Crippen molar-refractivity contribution in [1.29, 1.82) is 0 Å². The van der Waals surface area contributed by atoms with Crippen LogP contribution in [0.2, 0.25) is 0 Å². The van der Waals surface area contributed by atoms with Crippen LogP contribution in [0.4, 0.5) is 5.82 Å². The van der Waals surface area contributed by atoms with Crippen molar-refractivity contribution < 1.29 is 9.90 Å². The highest BCUT2D eigenvalue weighted by Gasteiger charge is 2.38. The van der Waals surface area contributed by atoms with Gasteiger partial charge < -0.3 is 10.0 Å². The Morgan fingerprint density at radius 1 is 1.18 bits per heavy atom. The molecule has 10 heteroatoms. The zero-order valence-corrected chi connectivity index (χ0v) is 20.9. The first-order chi connectivity index (χ1) is 16.5. The Balaban J connectivity index is 1.56. The molecule has 180 valence electrons. The van der Waals surface area contributed by atoms with Crippen molar-refractivity contribution >= 4 is 51.7 Å². The number of carbonyl (C=O) groups excluding carboxylic acids is 1. The molecule has 5 rings (SSSR count). The number of carbonyl (C=O) groups is 1. The molecule has 8 nitrogen and oxygen atoms in total. The molecule has 2 aromatic rings. The van der Waals surface area contributed by atoms with Crippen molar-refractivity contribution in [2.45, 2.75) is 38.6 Å². The molecule has 0 aromatic carbocycles. The average molecular weight is 500 g/mol. The molecular weight excluding hydrogens is 470 g/mol. The summed E-state index contributed by atoms with van der Waals surface area (Å²) < 4.78 is 2.14. The number of thioether (sulfide) groups is 1. The van der Waals surface area contributed by atoms with E-state index in [9.17, 15) is 14.7 Å². The van der Waals surface area contributed by atoms with Gasteiger partial charge in [-0.05, 0) is 37.5 Å². The Labute approximate surface area is 208 Å². The summed E-state index contributed by atoms with van der Waals surface area (Å²) in [4.78, 5) is 38.4. The summed E-state index contributed by atoms with van der Waals surface area (Å²) in [6, 6.07) is 3.96. The number of pyridine rings is 1. The minimum absolute atomic E-state index is 0.102. The van der Waals surface area contributed by atoms with Crippen LogP contribution >= 0.6 is 24.0 Å². The Bertz CT molecular complexity index is 1210. The molecule has 2 aromatic heterocycles. The second-order valence-electron chi connectivity index (χ2n) is 9.13. The predicted octanol–water partition coefficient (Wildman–Crippen LogP) is 2.26. The molecule has 0 atom stereocenters. The van der Waals surface area contributed by atoms with E-state index >= 15 is 0 Å². The molecule has 1 saturated carbocycles. The van der Waals surface area contributed by atoms with Crippen LogP contribution in [0, 0.1) is 6.92 Å². The van der Waals surface area contributed by atoms with Crippen LogP contribution in [0.5, 0.6) is 0 Å². The Kier molecular flexibility index (Phi) is 6.74. The van der Waals surface area contributed by atoms with Crippen LogP contribution in [0.1, 0.15) is 36.8 Å². The highest BCUT2D eigenvalue weighted by molar-refractivity contribution is 8.26. The molecular formula is C24H29N5O3S2. The highest BCUT2D eigenvalue weighted by atomic mass is 32.2. The number of amides is 1. The van der Waals surface area contributed by atoms with Crippen molar-refractivity contribution in [2.24, 2.45) is 0 Å². The monoisotopic (exact) mass is 499 g/mol. The zero-order valence-electron chi connectivity index (χ0n) is 19.3. The number of fused-ring (bicyclic) bond motifs is 1. The van der Waals surface area contributed by atoms with Gasteiger partial charge in [-0.25, -0.2) is 4.98 Å². The number of aliphatic hydroxyl groups excluding tert-OH is 1. The van der Waals surface area contributed by atoms with E-state index in [1.165, 1.54) is 11.8 Å². The van der Waals surface area contributed by atoms with Crippen molar-refractivity contribution in [3.05, 3.63) is 44.7 Å². The molecule has 34 heavy (non-hydrogen) atoms. The number of hydrogen-bond acceptors (Lipinski definition) is 8. The maximum Gasteiger partial charge on any atom is 0.267 e. The fourth-order valence-corrected chi connectivity index (χ4v) is 6.41. The van der Waals surface area contributed by atoms with E-state index in [0.29, 0.717) is 45.9 Å². The predicted molar refractivity (Wildman–Crippen MR) is 139 cm³/mol. The first-order valence-corrected chi connectivity index (χ1v) is 13.1. The number of rotatable bonds is 5. The molecule has 0 spiro atoms. The molecule has 4 heterocycles. The third kappa shape index (κ3) is 4.39. The van der Waals surface area contributed by atoms with Gasteiger partial charge in [0, 0.05) is 45.0 Å². The van der Waals surface area contributed by atoms with Crippen molar-refractivity contribution in [2.75, 3.05) is 44.2 Å². The lowest BCUT2D eigenvalue weighted by Crippen LogP contribution is -2.48. The van der Waals surface area contributed by atoms with Gasteiger partial charge in [-0.2, -0.15) is 0 Å². The van der Waals surface area contributed by atoms with Crippen LogP contribution in [0.3, 0.4) is 0 Å². The van der Waals surface area contributed by atoms with Crippen LogP contribution in [-0.4, -0.2) is 79.9 Å². The maximum atomic E-state index is 13.7. The standard InChI is InChI=1S/C24H29N5O3S2/c1-16-6-7-20-25-21(27-10-8-26(9-11-27)12-13-30)18(22(31)28(20)15-16)14-19-23(32)29(24(33)34-19)17-4-2-3-5-17/h6-7,14-15,17,30H,2-5,8-13H2,1H3/b19-14+. The Hall–Kier alpha value is -2.27. The lowest BCUT2D eigenvalue weighted by Gasteiger charge is -2.35. The van der Waals surface area contributed by atoms with Gasteiger partial charge in [0.05, 0.1) is 17.1 Å². The average Bonchev–Trinajstić information content (AvgIpc) is 3.44. The summed E-state index contributed by atoms with van der Waals surface area (Å²) in [5.41, 5.74) is 1.78. The number of nitrogens with zero attached hydrogens (tertiary/aromatic N) is 5. The van der Waals surface area contributed by atoms with E-state index in [-0.39, 0.29) is 24.1 Å². The second-order valence-corrected chi connectivity index (χ2v) is 10.8. The summed E-state index contributed by atoms with van der Waals surface area (Å²) >= 11 is 6.84. The zero-order chi connectivity index (χ0) is 23.8. The van der Waals surface area contributed by atoms with Crippen molar-refractivity contribution in [3.63, 3.8) is 0 Å². The lowest BCUT2D eigenvalue weighted by atomic mass is 10.2. The van der Waals surface area contributed by atoms with Gasteiger partial charge in [0.2, 0.25) is 0 Å². The number of β-amino-alcohol motifs (C(OH)–C–C–N with tert-alkyl or cyclic N) is 1. The van der Waals surface area contributed by atoms with Gasteiger partial charge in [0.15, 0.2) is 0 Å². The van der Waals surface area contributed by atoms with Crippen LogP contribution in [0.25, 0.3) is 11.7 Å². The molecule has 0 bridgehead atoms. The first-order valence-electron chi connectivity index (χ1n) is 11.8. The highest BCUT2D eigenvalue weighted by Crippen LogP contribution is 2.38. The summed E-state index contributed by atoms with van der Waals surface area (Å²) in [5, 5.41) is 9.26. The molecule has 1 aliphatic carbocycles. The molecule has 2 aliphatic heterocycles. The third-order valence-corrected chi connectivity index (χ3v) is 8.19. The molecule has 1 N–H and O–H groups in total. The normalized spacial score (nSPS) is 21.5. The molecule has 3 aliphatic rings. The summed E-state index contributed by atoms with van der Waals surface area (Å²) in [5.74, 6) is 0.498. The summed E-state index contributed by atoms with van der Waals surface area (Å²) in [6.45, 7) is 5.64. The van der Waals surface area contributed by atoms with E-state index in [0.717, 1.165) is 44.3 Å². The van der Waals surface area contributed by atoms with Crippen LogP contribution in [0.15, 0.2) is 28.0 Å². The minimum Gasteiger partial charge on any atom is -0.395 e. The van der Waals surface area contributed by atoms with Crippen molar-refractivity contribution in [3.8, 4) is 0 Å². The molecule has 3 fully saturated rings. The van der Waals surface area contributed by atoms with E-state index < -0.39 is 0 Å². The molecule has 1 amide bonds. The van der Waals surface area contributed by atoms with Gasteiger partial charge in [-0.15, -0.1) is 0 Å².